The van der Waals surface area contributed by atoms with Crippen LogP contribution in [-0.2, 0) is 38.0 Å². The molecule has 4 atom stereocenters. The molecule has 200 valence electrons. The van der Waals surface area contributed by atoms with E-state index in [4.69, 9.17) is 28.4 Å². The zero-order chi connectivity index (χ0) is 25.7. The van der Waals surface area contributed by atoms with Crippen molar-refractivity contribution in [3.8, 4) is 0 Å². The number of hydrogen-bond donors (Lipinski definition) is 2. The van der Waals surface area contributed by atoms with E-state index in [1.54, 1.807) is 0 Å². The second-order valence-electron chi connectivity index (χ2n) is 9.15. The molecule has 1 aromatic rings. The number of methoxy groups -OCH3 is 1. The van der Waals surface area contributed by atoms with Gasteiger partial charge in [0.05, 0.1) is 13.2 Å². The van der Waals surface area contributed by atoms with Gasteiger partial charge in [0.2, 0.25) is 0 Å². The molecule has 0 radical (unpaired) electrons. The number of aromatic amines is 1. The number of carbonyl (C=O) groups is 2. The number of hydrogen-bond acceptors (Lipinski definition) is 11. The van der Waals surface area contributed by atoms with Gasteiger partial charge in [-0.25, -0.2) is 14.4 Å². The Morgan fingerprint density at radius 2 is 1.89 bits per heavy atom. The lowest BCUT2D eigenvalue weighted by atomic mass is 9.98. The fraction of sp³-hybridized carbons (Fsp3) is 0.739. The van der Waals surface area contributed by atoms with Crippen LogP contribution in [0, 0.1) is 0 Å². The molecule has 36 heavy (non-hydrogen) atoms. The van der Waals surface area contributed by atoms with Gasteiger partial charge < -0.3 is 33.5 Å². The number of H-pyrrole nitrogens is 1. The van der Waals surface area contributed by atoms with Crippen molar-refractivity contribution in [2.45, 2.75) is 81.4 Å². The Balaban J connectivity index is 1.46. The van der Waals surface area contributed by atoms with Gasteiger partial charge in [-0.3, -0.25) is 14.3 Å². The number of nitrogens with zero attached hydrogens (tertiary/aromatic N) is 1. The SMILES string of the molecule is COC1(O[C@@H]2[C@H](O)[C@@H](COC(=O)C(=O)OC3CCCCC3)O[C@H]2n2ccc(=O)[nH]c2=O)CCOCC1. The highest BCUT2D eigenvalue weighted by Crippen LogP contribution is 2.37. The predicted molar refractivity (Wildman–Crippen MR) is 120 cm³/mol. The number of carbonyl (C=O) groups excluding carboxylic acids is 2. The minimum atomic E-state index is -1.37. The summed E-state index contributed by atoms with van der Waals surface area (Å²) in [5.41, 5.74) is -1.38. The van der Waals surface area contributed by atoms with Crippen LogP contribution in [0.2, 0.25) is 0 Å². The molecule has 1 aliphatic carbocycles. The molecule has 0 bridgehead atoms. The zero-order valence-electron chi connectivity index (χ0n) is 20.1. The molecule has 0 aromatic carbocycles. The molecule has 0 unspecified atom stereocenters. The normalized spacial score (nSPS) is 28.5. The minimum Gasteiger partial charge on any atom is -0.454 e. The van der Waals surface area contributed by atoms with Crippen LogP contribution in [0.5, 0.6) is 0 Å². The third-order valence-corrected chi connectivity index (χ3v) is 6.79. The number of aliphatic hydroxyl groups excluding tert-OH is 1. The lowest BCUT2D eigenvalue weighted by molar-refractivity contribution is -0.293. The molecular formula is C23H32N2O11. The van der Waals surface area contributed by atoms with Crippen LogP contribution in [0.15, 0.2) is 21.9 Å². The van der Waals surface area contributed by atoms with E-state index in [1.807, 2.05) is 0 Å². The van der Waals surface area contributed by atoms with Gasteiger partial charge in [0.1, 0.15) is 31.0 Å². The Morgan fingerprint density at radius 3 is 2.56 bits per heavy atom. The first-order valence-electron chi connectivity index (χ1n) is 12.2. The van der Waals surface area contributed by atoms with E-state index in [1.165, 1.54) is 13.3 Å². The van der Waals surface area contributed by atoms with Gasteiger partial charge in [-0.05, 0) is 25.7 Å². The van der Waals surface area contributed by atoms with Crippen molar-refractivity contribution < 1.29 is 43.1 Å². The summed E-state index contributed by atoms with van der Waals surface area (Å²) in [6.45, 7) is 0.243. The summed E-state index contributed by atoms with van der Waals surface area (Å²) in [6, 6.07) is 1.13. The Hall–Kier alpha value is -2.58. The van der Waals surface area contributed by atoms with E-state index in [2.05, 4.69) is 4.98 Å². The fourth-order valence-corrected chi connectivity index (χ4v) is 4.73. The summed E-state index contributed by atoms with van der Waals surface area (Å²) in [5.74, 6) is -3.40. The summed E-state index contributed by atoms with van der Waals surface area (Å²) in [5, 5.41) is 11.0. The molecule has 2 saturated heterocycles. The van der Waals surface area contributed by atoms with E-state index in [-0.39, 0.29) is 6.10 Å². The maximum absolute atomic E-state index is 12.5. The van der Waals surface area contributed by atoms with Crippen LogP contribution < -0.4 is 11.2 Å². The van der Waals surface area contributed by atoms with Crippen LogP contribution in [0.4, 0.5) is 0 Å². The molecule has 13 heteroatoms. The largest absolute Gasteiger partial charge is 0.454 e. The van der Waals surface area contributed by atoms with Gasteiger partial charge in [0.15, 0.2) is 12.0 Å². The predicted octanol–water partition coefficient (Wildman–Crippen LogP) is -0.248. The van der Waals surface area contributed by atoms with E-state index >= 15 is 0 Å². The molecule has 0 amide bonds. The first-order valence-corrected chi connectivity index (χ1v) is 12.2. The molecule has 4 rings (SSSR count). The topological polar surface area (TPSA) is 165 Å². The second-order valence-corrected chi connectivity index (χ2v) is 9.15. The maximum atomic E-state index is 12.5. The summed E-state index contributed by atoms with van der Waals surface area (Å²) < 4.78 is 34.4. The van der Waals surface area contributed by atoms with E-state index in [0.717, 1.165) is 29.9 Å². The number of rotatable bonds is 7. The van der Waals surface area contributed by atoms with Crippen molar-refractivity contribution in [1.29, 1.82) is 0 Å². The van der Waals surface area contributed by atoms with Gasteiger partial charge in [-0.1, -0.05) is 6.42 Å². The quantitative estimate of drug-likeness (QED) is 0.281. The van der Waals surface area contributed by atoms with Crippen molar-refractivity contribution in [2.75, 3.05) is 26.9 Å². The van der Waals surface area contributed by atoms with Gasteiger partial charge in [-0.15, -0.1) is 0 Å². The first kappa shape index (κ1) is 26.5. The van der Waals surface area contributed by atoms with E-state index < -0.39 is 60.1 Å². The fourth-order valence-electron chi connectivity index (χ4n) is 4.73. The number of aliphatic hydroxyl groups is 1. The standard InChI is InChI=1S/C23H32N2O11/c1-31-23(8-11-32-12-9-23)36-18-17(27)15(35-19(18)25-10-7-16(26)24-22(25)30)13-33-20(28)21(29)34-14-5-3-2-4-6-14/h7,10,14-15,17-19,27H,2-6,8-9,11-13H2,1H3,(H,24,26,30)/t15-,17-,18-,19-/m1/s1. The van der Waals surface area contributed by atoms with Crippen LogP contribution in [-0.4, -0.2) is 83.7 Å². The lowest BCUT2D eigenvalue weighted by Crippen LogP contribution is -2.49. The molecule has 3 heterocycles. The smallest absolute Gasteiger partial charge is 0.417 e. The lowest BCUT2D eigenvalue weighted by Gasteiger charge is -2.39. The van der Waals surface area contributed by atoms with Gasteiger partial charge in [0, 0.05) is 32.2 Å². The molecule has 1 aromatic heterocycles. The van der Waals surface area contributed by atoms with Crippen LogP contribution >= 0.6 is 0 Å². The number of nitrogens with one attached hydrogen (secondary N) is 1. The van der Waals surface area contributed by atoms with Crippen molar-refractivity contribution >= 4 is 11.9 Å². The average molecular weight is 513 g/mol. The maximum Gasteiger partial charge on any atom is 0.417 e. The zero-order valence-corrected chi connectivity index (χ0v) is 20.1. The summed E-state index contributed by atoms with van der Waals surface area (Å²) in [4.78, 5) is 50.5. The van der Waals surface area contributed by atoms with Gasteiger partial charge >= 0.3 is 17.6 Å². The Kier molecular flexibility index (Phi) is 8.57. The molecule has 0 spiro atoms. The molecule has 2 aliphatic heterocycles. The third kappa shape index (κ3) is 6.03. The first-order chi connectivity index (χ1) is 17.3. The van der Waals surface area contributed by atoms with Gasteiger partial charge in [0.25, 0.3) is 5.56 Å². The highest BCUT2D eigenvalue weighted by molar-refractivity contribution is 6.29. The molecular weight excluding hydrogens is 480 g/mol. The highest BCUT2D eigenvalue weighted by atomic mass is 16.7. The van der Waals surface area contributed by atoms with Crippen molar-refractivity contribution in [1.82, 2.24) is 9.55 Å². The third-order valence-electron chi connectivity index (χ3n) is 6.79. The minimum absolute atomic E-state index is 0.314. The highest BCUT2D eigenvalue weighted by Gasteiger charge is 2.51. The second kappa shape index (κ2) is 11.6. The van der Waals surface area contributed by atoms with E-state index in [9.17, 15) is 24.3 Å². The summed E-state index contributed by atoms with van der Waals surface area (Å²) in [7, 11) is 1.46. The van der Waals surface area contributed by atoms with Crippen LogP contribution in [0.3, 0.4) is 0 Å². The summed E-state index contributed by atoms with van der Waals surface area (Å²) in [6.07, 6.45) is 1.13. The molecule has 13 nitrogen and oxygen atoms in total. The Morgan fingerprint density at radius 1 is 1.17 bits per heavy atom. The van der Waals surface area contributed by atoms with Crippen molar-refractivity contribution in [3.63, 3.8) is 0 Å². The Labute approximate surface area is 206 Å². The molecule has 3 fully saturated rings. The number of ether oxygens (including phenoxy) is 6. The van der Waals surface area contributed by atoms with Crippen molar-refractivity contribution in [3.05, 3.63) is 33.1 Å². The molecule has 1 saturated carbocycles. The monoisotopic (exact) mass is 512 g/mol. The summed E-state index contributed by atoms with van der Waals surface area (Å²) >= 11 is 0. The molecule has 2 N–H and O–H groups in total. The number of esters is 2. The molecule has 3 aliphatic rings. The van der Waals surface area contributed by atoms with E-state index in [0.29, 0.717) is 38.9 Å². The Bertz CT molecular complexity index is 1030. The van der Waals surface area contributed by atoms with Gasteiger partial charge in [-0.2, -0.15) is 0 Å². The van der Waals surface area contributed by atoms with Crippen molar-refractivity contribution in [2.24, 2.45) is 0 Å². The van der Waals surface area contributed by atoms with Crippen LogP contribution in [0.1, 0.15) is 51.2 Å². The van der Waals surface area contributed by atoms with Crippen LogP contribution in [0.25, 0.3) is 0 Å². The average Bonchev–Trinajstić information content (AvgIpc) is 3.18. The number of aromatic nitrogens is 2.